The molecule has 1 aliphatic carbocycles. The van der Waals surface area contributed by atoms with Gasteiger partial charge in [0.25, 0.3) is 0 Å². The van der Waals surface area contributed by atoms with Gasteiger partial charge in [0.05, 0.1) is 5.41 Å². The highest BCUT2D eigenvalue weighted by Crippen LogP contribution is 2.43. The third kappa shape index (κ3) is 3.89. The van der Waals surface area contributed by atoms with Crippen molar-refractivity contribution in [1.29, 1.82) is 0 Å². The van der Waals surface area contributed by atoms with E-state index in [0.717, 1.165) is 62.4 Å². The fourth-order valence-corrected chi connectivity index (χ4v) is 5.32. The number of rotatable bonds is 5. The van der Waals surface area contributed by atoms with Crippen molar-refractivity contribution in [1.82, 2.24) is 5.32 Å². The van der Waals surface area contributed by atoms with E-state index in [-0.39, 0.29) is 18.6 Å². The Hall–Kier alpha value is -2.83. The second-order valence-electron chi connectivity index (χ2n) is 9.12. The van der Waals surface area contributed by atoms with E-state index in [0.29, 0.717) is 24.5 Å². The predicted molar refractivity (Wildman–Crippen MR) is 117 cm³/mol. The highest BCUT2D eigenvalue weighted by atomic mass is 19.2. The smallest absolute Gasteiger partial charge is 0.231 e. The fraction of sp³-hybridized carbons (Fsp3) is 0.480. The summed E-state index contributed by atoms with van der Waals surface area (Å²) >= 11 is 0. The van der Waals surface area contributed by atoms with E-state index in [2.05, 4.69) is 5.32 Å². The molecule has 5 rings (SSSR count). The SMILES string of the molecule is O=C(NCC1CCN(c2ccc(F)c(F)c2)C1)C1(c2ccc3c(c2)OCO3)CCCCC1. The molecule has 2 fully saturated rings. The van der Waals surface area contributed by atoms with Crippen molar-refractivity contribution in [2.75, 3.05) is 31.3 Å². The van der Waals surface area contributed by atoms with Gasteiger partial charge in [0.2, 0.25) is 12.7 Å². The summed E-state index contributed by atoms with van der Waals surface area (Å²) < 4.78 is 37.8. The first kappa shape index (κ1) is 21.0. The molecule has 1 N–H and O–H groups in total. The predicted octanol–water partition coefficient (Wildman–Crippen LogP) is 4.54. The van der Waals surface area contributed by atoms with Crippen LogP contribution in [0.2, 0.25) is 0 Å². The number of hydrogen-bond acceptors (Lipinski definition) is 4. The highest BCUT2D eigenvalue weighted by Gasteiger charge is 2.42. The topological polar surface area (TPSA) is 50.8 Å². The molecule has 3 aliphatic rings. The quantitative estimate of drug-likeness (QED) is 0.739. The molecule has 32 heavy (non-hydrogen) atoms. The van der Waals surface area contributed by atoms with E-state index in [1.165, 1.54) is 6.07 Å². The maximum absolute atomic E-state index is 13.6. The summed E-state index contributed by atoms with van der Waals surface area (Å²) in [6, 6.07) is 9.88. The number of hydrogen-bond donors (Lipinski definition) is 1. The average molecular weight is 443 g/mol. The van der Waals surface area contributed by atoms with Crippen LogP contribution in [0.1, 0.15) is 44.1 Å². The standard InChI is InChI=1S/C25H28F2N2O3/c26-20-6-5-19(13-21(20)27)29-11-8-17(15-29)14-28-24(30)25(9-2-1-3-10-25)18-4-7-22-23(12-18)32-16-31-22/h4-7,12-13,17H,1-3,8-11,14-16H2,(H,28,30). The van der Waals surface area contributed by atoms with Crippen LogP contribution >= 0.6 is 0 Å². The molecule has 2 heterocycles. The summed E-state index contributed by atoms with van der Waals surface area (Å²) in [6.45, 7) is 2.26. The number of halogens is 2. The van der Waals surface area contributed by atoms with Gasteiger partial charge >= 0.3 is 0 Å². The van der Waals surface area contributed by atoms with Gasteiger partial charge in [-0.25, -0.2) is 8.78 Å². The monoisotopic (exact) mass is 442 g/mol. The van der Waals surface area contributed by atoms with E-state index >= 15 is 0 Å². The molecule has 0 spiro atoms. The minimum atomic E-state index is -0.835. The number of nitrogens with zero attached hydrogens (tertiary/aromatic N) is 1. The first-order chi connectivity index (χ1) is 15.5. The van der Waals surface area contributed by atoms with Gasteiger partial charge in [0, 0.05) is 31.4 Å². The Morgan fingerprint density at radius 3 is 2.66 bits per heavy atom. The molecular weight excluding hydrogens is 414 g/mol. The Bertz CT molecular complexity index is 1010. The molecule has 0 bridgehead atoms. The Balaban J connectivity index is 1.26. The molecule has 2 aromatic rings. The van der Waals surface area contributed by atoms with Crippen molar-refractivity contribution in [2.45, 2.75) is 43.9 Å². The minimum Gasteiger partial charge on any atom is -0.454 e. The molecule has 1 atom stereocenters. The third-order valence-corrected chi connectivity index (χ3v) is 7.17. The molecule has 170 valence electrons. The van der Waals surface area contributed by atoms with Crippen LogP contribution in [0.4, 0.5) is 14.5 Å². The normalized spacial score (nSPS) is 21.6. The summed E-state index contributed by atoms with van der Waals surface area (Å²) in [5.41, 5.74) is 1.13. The maximum Gasteiger partial charge on any atom is 0.231 e. The van der Waals surface area contributed by atoms with Gasteiger partial charge in [-0.3, -0.25) is 4.79 Å². The summed E-state index contributed by atoms with van der Waals surface area (Å²) in [4.78, 5) is 15.6. The number of anilines is 1. The Labute approximate surface area is 186 Å². The first-order valence-corrected chi connectivity index (χ1v) is 11.4. The van der Waals surface area contributed by atoms with Gasteiger partial charge in [0.1, 0.15) is 0 Å². The lowest BCUT2D eigenvalue weighted by Crippen LogP contribution is -2.47. The van der Waals surface area contributed by atoms with Gasteiger partial charge in [-0.15, -0.1) is 0 Å². The Kier molecular flexibility index (Phi) is 5.66. The highest BCUT2D eigenvalue weighted by molar-refractivity contribution is 5.88. The summed E-state index contributed by atoms with van der Waals surface area (Å²) in [5.74, 6) is 0.105. The molecule has 1 saturated heterocycles. The maximum atomic E-state index is 13.6. The largest absolute Gasteiger partial charge is 0.454 e. The zero-order chi connectivity index (χ0) is 22.1. The van der Waals surface area contributed by atoms with Gasteiger partial charge in [-0.2, -0.15) is 0 Å². The van der Waals surface area contributed by atoms with E-state index < -0.39 is 17.0 Å². The number of fused-ring (bicyclic) bond motifs is 1. The molecular formula is C25H28F2N2O3. The molecule has 2 aliphatic heterocycles. The van der Waals surface area contributed by atoms with Gasteiger partial charge in [0.15, 0.2) is 23.1 Å². The van der Waals surface area contributed by atoms with Crippen molar-refractivity contribution < 1.29 is 23.0 Å². The van der Waals surface area contributed by atoms with Crippen LogP contribution in [-0.2, 0) is 10.2 Å². The molecule has 7 heteroatoms. The molecule has 1 saturated carbocycles. The van der Waals surface area contributed by atoms with Gasteiger partial charge in [-0.05, 0) is 55.0 Å². The fourth-order valence-electron chi connectivity index (χ4n) is 5.32. The van der Waals surface area contributed by atoms with Gasteiger partial charge < -0.3 is 19.7 Å². The Morgan fingerprint density at radius 2 is 1.84 bits per heavy atom. The van der Waals surface area contributed by atoms with E-state index in [1.807, 2.05) is 23.1 Å². The first-order valence-electron chi connectivity index (χ1n) is 11.4. The van der Waals surface area contributed by atoms with Crippen molar-refractivity contribution in [3.63, 3.8) is 0 Å². The van der Waals surface area contributed by atoms with Crippen LogP contribution in [0.25, 0.3) is 0 Å². The van der Waals surface area contributed by atoms with E-state index in [4.69, 9.17) is 9.47 Å². The minimum absolute atomic E-state index is 0.0716. The zero-order valence-electron chi connectivity index (χ0n) is 18.0. The number of nitrogens with one attached hydrogen (secondary N) is 1. The third-order valence-electron chi connectivity index (χ3n) is 7.17. The Morgan fingerprint density at radius 1 is 1.03 bits per heavy atom. The van der Waals surface area contributed by atoms with Crippen LogP contribution < -0.4 is 19.7 Å². The van der Waals surface area contributed by atoms with Crippen molar-refractivity contribution in [2.24, 2.45) is 5.92 Å². The van der Waals surface area contributed by atoms with Gasteiger partial charge in [-0.1, -0.05) is 25.3 Å². The van der Waals surface area contributed by atoms with Crippen LogP contribution in [0.15, 0.2) is 36.4 Å². The second-order valence-corrected chi connectivity index (χ2v) is 9.12. The molecule has 5 nitrogen and oxygen atoms in total. The number of benzene rings is 2. The molecule has 1 amide bonds. The lowest BCUT2D eigenvalue weighted by Gasteiger charge is -2.36. The number of carbonyl (C=O) groups excluding carboxylic acids is 1. The van der Waals surface area contributed by atoms with Crippen molar-refractivity contribution in [3.05, 3.63) is 53.6 Å². The number of ether oxygens (including phenoxy) is 2. The lowest BCUT2D eigenvalue weighted by molar-refractivity contribution is -0.128. The van der Waals surface area contributed by atoms with E-state index in [9.17, 15) is 13.6 Å². The molecule has 0 radical (unpaired) electrons. The van der Waals surface area contributed by atoms with Crippen LogP contribution in [0, 0.1) is 17.6 Å². The van der Waals surface area contributed by atoms with Crippen molar-refractivity contribution in [3.8, 4) is 11.5 Å². The van der Waals surface area contributed by atoms with E-state index in [1.54, 1.807) is 6.07 Å². The lowest BCUT2D eigenvalue weighted by atomic mass is 9.68. The number of carbonyl (C=O) groups is 1. The van der Waals surface area contributed by atoms with Crippen LogP contribution in [-0.4, -0.2) is 32.3 Å². The molecule has 1 unspecified atom stereocenters. The summed E-state index contributed by atoms with van der Waals surface area (Å²) in [6.07, 6.45) is 5.74. The van der Waals surface area contributed by atoms with Crippen LogP contribution in [0.5, 0.6) is 11.5 Å². The number of amides is 1. The second kappa shape index (κ2) is 8.60. The van der Waals surface area contributed by atoms with Crippen LogP contribution in [0.3, 0.4) is 0 Å². The zero-order valence-corrected chi connectivity index (χ0v) is 18.0. The average Bonchev–Trinajstić information content (AvgIpc) is 3.49. The molecule has 2 aromatic carbocycles. The summed E-state index contributed by atoms with van der Waals surface area (Å²) in [7, 11) is 0. The van der Waals surface area contributed by atoms with Crippen molar-refractivity contribution >= 4 is 11.6 Å². The molecule has 0 aromatic heterocycles. The summed E-state index contributed by atoms with van der Waals surface area (Å²) in [5, 5.41) is 3.22.